The van der Waals surface area contributed by atoms with Crippen molar-refractivity contribution in [1.29, 1.82) is 0 Å². The zero-order valence-electron chi connectivity index (χ0n) is 15.1. The van der Waals surface area contributed by atoms with Crippen LogP contribution in [0.4, 0.5) is 4.39 Å². The topological polar surface area (TPSA) is 17.8 Å². The standard InChI is InChI=1S/C23H18ClFN2/c1-15-3-7-17(8-4-15)22-21(24)23(18-9-5-16(2)6-10-18)27(26-22)20-13-11-19(25)12-14-20/h3-14H,1-2H3. The van der Waals surface area contributed by atoms with Crippen LogP contribution in [0.25, 0.3) is 28.2 Å². The maximum absolute atomic E-state index is 13.4. The summed E-state index contributed by atoms with van der Waals surface area (Å²) in [6.07, 6.45) is 0. The van der Waals surface area contributed by atoms with Crippen molar-refractivity contribution in [3.63, 3.8) is 0 Å². The van der Waals surface area contributed by atoms with Crippen LogP contribution in [0.3, 0.4) is 0 Å². The summed E-state index contributed by atoms with van der Waals surface area (Å²) < 4.78 is 15.2. The molecule has 0 aliphatic heterocycles. The van der Waals surface area contributed by atoms with E-state index < -0.39 is 0 Å². The highest BCUT2D eigenvalue weighted by atomic mass is 35.5. The molecule has 134 valence electrons. The number of rotatable bonds is 3. The van der Waals surface area contributed by atoms with Gasteiger partial charge < -0.3 is 0 Å². The van der Waals surface area contributed by atoms with Gasteiger partial charge in [-0.2, -0.15) is 5.10 Å². The number of nitrogens with zero attached hydrogens (tertiary/aromatic N) is 2. The molecule has 27 heavy (non-hydrogen) atoms. The molecular formula is C23H18ClFN2. The highest BCUT2D eigenvalue weighted by Crippen LogP contribution is 2.38. The van der Waals surface area contributed by atoms with Gasteiger partial charge >= 0.3 is 0 Å². The van der Waals surface area contributed by atoms with Crippen LogP contribution in [0.2, 0.25) is 5.02 Å². The zero-order valence-corrected chi connectivity index (χ0v) is 15.8. The highest BCUT2D eigenvalue weighted by Gasteiger charge is 2.20. The number of aromatic nitrogens is 2. The largest absolute Gasteiger partial charge is 0.231 e. The van der Waals surface area contributed by atoms with Crippen molar-refractivity contribution in [3.8, 4) is 28.2 Å². The third-order valence-electron chi connectivity index (χ3n) is 4.55. The van der Waals surface area contributed by atoms with E-state index in [4.69, 9.17) is 16.7 Å². The second-order valence-electron chi connectivity index (χ2n) is 6.63. The lowest BCUT2D eigenvalue weighted by Gasteiger charge is -2.08. The normalized spacial score (nSPS) is 11.0. The molecule has 0 saturated carbocycles. The van der Waals surface area contributed by atoms with Gasteiger partial charge in [0.2, 0.25) is 0 Å². The minimum absolute atomic E-state index is 0.285. The van der Waals surface area contributed by atoms with Crippen molar-refractivity contribution in [1.82, 2.24) is 9.78 Å². The Bertz CT molecular complexity index is 1080. The van der Waals surface area contributed by atoms with Crippen LogP contribution in [-0.4, -0.2) is 9.78 Å². The van der Waals surface area contributed by atoms with Crippen LogP contribution >= 0.6 is 11.6 Å². The number of benzene rings is 3. The van der Waals surface area contributed by atoms with Gasteiger partial charge in [0.05, 0.1) is 16.4 Å². The third kappa shape index (κ3) is 3.38. The Labute approximate surface area is 162 Å². The van der Waals surface area contributed by atoms with Crippen molar-refractivity contribution in [3.05, 3.63) is 94.8 Å². The van der Waals surface area contributed by atoms with E-state index in [0.717, 1.165) is 22.5 Å². The molecule has 4 heteroatoms. The Morgan fingerprint density at radius 1 is 0.741 bits per heavy atom. The molecule has 0 radical (unpaired) electrons. The molecule has 1 aromatic heterocycles. The van der Waals surface area contributed by atoms with Gasteiger partial charge in [-0.1, -0.05) is 71.3 Å². The van der Waals surface area contributed by atoms with Gasteiger partial charge in [-0.05, 0) is 38.1 Å². The molecule has 0 fully saturated rings. The van der Waals surface area contributed by atoms with Gasteiger partial charge in [0.1, 0.15) is 11.5 Å². The molecule has 3 aromatic carbocycles. The fourth-order valence-electron chi connectivity index (χ4n) is 3.02. The molecule has 0 saturated heterocycles. The molecule has 0 aliphatic carbocycles. The van der Waals surface area contributed by atoms with E-state index >= 15 is 0 Å². The fourth-order valence-corrected chi connectivity index (χ4v) is 3.36. The van der Waals surface area contributed by atoms with Gasteiger partial charge in [0.15, 0.2) is 0 Å². The van der Waals surface area contributed by atoms with Crippen molar-refractivity contribution >= 4 is 11.6 Å². The Balaban J connectivity index is 1.95. The summed E-state index contributed by atoms with van der Waals surface area (Å²) in [5.74, 6) is -0.285. The monoisotopic (exact) mass is 376 g/mol. The van der Waals surface area contributed by atoms with Gasteiger partial charge in [-0.15, -0.1) is 0 Å². The Morgan fingerprint density at radius 3 is 1.81 bits per heavy atom. The number of halogens is 2. The van der Waals surface area contributed by atoms with Crippen LogP contribution in [0.5, 0.6) is 0 Å². The summed E-state index contributed by atoms with van der Waals surface area (Å²) in [5, 5.41) is 5.35. The molecular weight excluding hydrogens is 359 g/mol. The molecule has 1 heterocycles. The second kappa shape index (κ2) is 7.01. The smallest absolute Gasteiger partial charge is 0.123 e. The number of hydrogen-bond acceptors (Lipinski definition) is 1. The Morgan fingerprint density at radius 2 is 1.26 bits per heavy atom. The predicted octanol–water partition coefficient (Wildman–Crippen LogP) is 6.62. The van der Waals surface area contributed by atoms with Crippen molar-refractivity contribution in [2.45, 2.75) is 13.8 Å². The van der Waals surface area contributed by atoms with Crippen LogP contribution in [0.15, 0.2) is 72.8 Å². The van der Waals surface area contributed by atoms with Crippen LogP contribution in [0, 0.1) is 19.7 Å². The van der Waals surface area contributed by atoms with Crippen LogP contribution in [-0.2, 0) is 0 Å². The lowest BCUT2D eigenvalue weighted by Crippen LogP contribution is -1.99. The maximum Gasteiger partial charge on any atom is 0.123 e. The van der Waals surface area contributed by atoms with E-state index in [-0.39, 0.29) is 5.82 Å². The van der Waals surface area contributed by atoms with E-state index in [1.165, 1.54) is 23.3 Å². The second-order valence-corrected chi connectivity index (χ2v) is 7.01. The summed E-state index contributed by atoms with van der Waals surface area (Å²) in [6.45, 7) is 4.08. The average Bonchev–Trinajstić information content (AvgIpc) is 3.01. The van der Waals surface area contributed by atoms with Crippen LogP contribution in [0.1, 0.15) is 11.1 Å². The molecule has 0 N–H and O–H groups in total. The molecule has 0 amide bonds. The maximum atomic E-state index is 13.4. The van der Waals surface area contributed by atoms with Crippen molar-refractivity contribution < 1.29 is 4.39 Å². The molecule has 4 aromatic rings. The quantitative estimate of drug-likeness (QED) is 0.393. The number of hydrogen-bond donors (Lipinski definition) is 0. The summed E-state index contributed by atoms with van der Waals surface area (Å²) in [6, 6.07) is 22.5. The van der Waals surface area contributed by atoms with E-state index in [0.29, 0.717) is 10.7 Å². The molecule has 0 atom stereocenters. The molecule has 0 aliphatic rings. The zero-order chi connectivity index (χ0) is 19.0. The third-order valence-corrected chi connectivity index (χ3v) is 4.91. The van der Waals surface area contributed by atoms with E-state index in [2.05, 4.69) is 0 Å². The summed E-state index contributed by atoms with van der Waals surface area (Å²) in [5.41, 5.74) is 6.50. The minimum atomic E-state index is -0.285. The summed E-state index contributed by atoms with van der Waals surface area (Å²) in [7, 11) is 0. The molecule has 0 spiro atoms. The average molecular weight is 377 g/mol. The Kier molecular flexibility index (Phi) is 4.54. The van der Waals surface area contributed by atoms with E-state index in [1.54, 1.807) is 16.8 Å². The molecule has 2 nitrogen and oxygen atoms in total. The first-order valence-corrected chi connectivity index (χ1v) is 9.09. The number of aryl methyl sites for hydroxylation is 2. The fraction of sp³-hybridized carbons (Fsp3) is 0.0870. The lowest BCUT2D eigenvalue weighted by molar-refractivity contribution is 0.627. The Hall–Kier alpha value is -2.91. The molecule has 4 rings (SSSR count). The van der Waals surface area contributed by atoms with Gasteiger partial charge in [-0.25, -0.2) is 9.07 Å². The SMILES string of the molecule is Cc1ccc(-c2nn(-c3ccc(F)cc3)c(-c3ccc(C)cc3)c2Cl)cc1. The van der Waals surface area contributed by atoms with E-state index in [1.807, 2.05) is 62.4 Å². The molecule has 0 unspecified atom stereocenters. The minimum Gasteiger partial charge on any atom is -0.231 e. The highest BCUT2D eigenvalue weighted by molar-refractivity contribution is 6.35. The summed E-state index contributed by atoms with van der Waals surface area (Å²) in [4.78, 5) is 0. The van der Waals surface area contributed by atoms with Crippen LogP contribution < -0.4 is 0 Å². The van der Waals surface area contributed by atoms with Crippen molar-refractivity contribution in [2.24, 2.45) is 0 Å². The van der Waals surface area contributed by atoms with Gasteiger partial charge in [0, 0.05) is 11.1 Å². The van der Waals surface area contributed by atoms with Gasteiger partial charge in [-0.3, -0.25) is 0 Å². The molecule has 0 bridgehead atoms. The van der Waals surface area contributed by atoms with Gasteiger partial charge in [0.25, 0.3) is 0 Å². The predicted molar refractivity (Wildman–Crippen MR) is 109 cm³/mol. The van der Waals surface area contributed by atoms with Crippen molar-refractivity contribution in [2.75, 3.05) is 0 Å². The lowest BCUT2D eigenvalue weighted by atomic mass is 10.1. The van der Waals surface area contributed by atoms with E-state index in [9.17, 15) is 4.39 Å². The summed E-state index contributed by atoms with van der Waals surface area (Å²) >= 11 is 6.80. The first kappa shape index (κ1) is 17.5. The first-order valence-electron chi connectivity index (χ1n) is 8.71. The first-order chi connectivity index (χ1) is 13.0.